The summed E-state index contributed by atoms with van der Waals surface area (Å²) >= 11 is 0.825. The largest absolute Gasteiger partial charge is 0.496 e. The molecule has 1 aliphatic rings. The number of carboxylic acid groups (broad SMARTS) is 1. The third-order valence-corrected chi connectivity index (χ3v) is 6.33. The summed E-state index contributed by atoms with van der Waals surface area (Å²) in [6, 6.07) is 4.09. The van der Waals surface area contributed by atoms with Crippen LogP contribution < -0.4 is 24.4 Å². The number of aromatic carboxylic acids is 1. The second-order valence-corrected chi connectivity index (χ2v) is 8.16. The molecule has 2 unspecified atom stereocenters. The second-order valence-electron chi connectivity index (χ2n) is 7.28. The van der Waals surface area contributed by atoms with Gasteiger partial charge in [0.1, 0.15) is 17.2 Å². The number of hydrogen-bond acceptors (Lipinski definition) is 9. The zero-order chi connectivity index (χ0) is 25.4. The Kier molecular flexibility index (Phi) is 6.65. The van der Waals surface area contributed by atoms with Gasteiger partial charge in [-0.05, 0) is 12.1 Å². The molecule has 0 spiro atoms. The number of aliphatic hydroxyl groups excluding tert-OH is 2. The third-order valence-electron chi connectivity index (χ3n) is 5.35. The summed E-state index contributed by atoms with van der Waals surface area (Å²) in [6.45, 7) is -0.532. The fraction of sp³-hybridized carbons (Fsp3) is 0.227. The SMILES string of the molecule is COc1cc(F)c(N2C(O)Nc3csc(C(=O)O)c3C2O)cc1OCc1c(OC)ccc(F)c1F. The number of hydrogen-bond donors (Lipinski definition) is 4. The van der Waals surface area contributed by atoms with Gasteiger partial charge in [-0.25, -0.2) is 18.0 Å². The highest BCUT2D eigenvalue weighted by Crippen LogP contribution is 2.44. The highest BCUT2D eigenvalue weighted by atomic mass is 32.1. The molecular weight excluding hydrogens is 493 g/mol. The number of benzene rings is 2. The molecule has 35 heavy (non-hydrogen) atoms. The van der Waals surface area contributed by atoms with Crippen LogP contribution in [0.5, 0.6) is 17.2 Å². The van der Waals surface area contributed by atoms with Crippen LogP contribution in [0.2, 0.25) is 0 Å². The minimum Gasteiger partial charge on any atom is -0.496 e. The van der Waals surface area contributed by atoms with E-state index >= 15 is 4.39 Å². The number of rotatable bonds is 7. The summed E-state index contributed by atoms with van der Waals surface area (Å²) in [5.74, 6) is -4.80. The van der Waals surface area contributed by atoms with Crippen molar-refractivity contribution >= 4 is 28.7 Å². The lowest BCUT2D eigenvalue weighted by Gasteiger charge is -2.39. The number of aliphatic hydroxyl groups is 2. The fourth-order valence-electron chi connectivity index (χ4n) is 3.69. The van der Waals surface area contributed by atoms with Crippen molar-refractivity contribution in [2.75, 3.05) is 24.4 Å². The van der Waals surface area contributed by atoms with Crippen LogP contribution in [0.3, 0.4) is 0 Å². The van der Waals surface area contributed by atoms with Crippen LogP contribution in [-0.4, -0.2) is 41.9 Å². The van der Waals surface area contributed by atoms with Gasteiger partial charge in [-0.1, -0.05) is 0 Å². The molecule has 0 bridgehead atoms. The predicted molar refractivity (Wildman–Crippen MR) is 119 cm³/mol. The Balaban J connectivity index is 1.72. The minimum absolute atomic E-state index is 0.0162. The maximum absolute atomic E-state index is 15.0. The monoisotopic (exact) mass is 512 g/mol. The predicted octanol–water partition coefficient (Wildman–Crippen LogP) is 3.66. The lowest BCUT2D eigenvalue weighted by Crippen LogP contribution is -2.47. The van der Waals surface area contributed by atoms with E-state index in [2.05, 4.69) is 5.32 Å². The smallest absolute Gasteiger partial charge is 0.346 e. The van der Waals surface area contributed by atoms with Crippen LogP contribution in [0.25, 0.3) is 0 Å². The van der Waals surface area contributed by atoms with Gasteiger partial charge in [0.2, 0.25) is 6.35 Å². The normalized spacial score (nSPS) is 16.9. The van der Waals surface area contributed by atoms with Crippen molar-refractivity contribution in [1.82, 2.24) is 0 Å². The zero-order valence-electron chi connectivity index (χ0n) is 18.2. The van der Waals surface area contributed by atoms with Crippen molar-refractivity contribution in [3.63, 3.8) is 0 Å². The first-order chi connectivity index (χ1) is 16.7. The van der Waals surface area contributed by atoms with Gasteiger partial charge in [0.05, 0.1) is 31.2 Å². The molecule has 2 aromatic carbocycles. The second kappa shape index (κ2) is 9.52. The molecule has 1 aromatic heterocycles. The van der Waals surface area contributed by atoms with Crippen LogP contribution in [0.1, 0.15) is 27.0 Å². The first-order valence-electron chi connectivity index (χ1n) is 9.94. The van der Waals surface area contributed by atoms with Gasteiger partial charge in [0.25, 0.3) is 0 Å². The van der Waals surface area contributed by atoms with Gasteiger partial charge in [-0.3, -0.25) is 4.90 Å². The number of thiophene rings is 1. The summed E-state index contributed by atoms with van der Waals surface area (Å²) in [4.78, 5) is 12.1. The molecule has 1 aliphatic heterocycles. The molecule has 0 saturated heterocycles. The van der Waals surface area contributed by atoms with E-state index in [0.717, 1.165) is 34.4 Å². The molecule has 0 radical (unpaired) electrons. The molecule has 0 fully saturated rings. The van der Waals surface area contributed by atoms with Gasteiger partial charge >= 0.3 is 5.97 Å². The quantitative estimate of drug-likeness (QED) is 0.376. The minimum atomic E-state index is -1.74. The van der Waals surface area contributed by atoms with Crippen molar-refractivity contribution in [3.05, 3.63) is 63.1 Å². The van der Waals surface area contributed by atoms with Crippen LogP contribution in [0.4, 0.5) is 24.5 Å². The number of halogens is 3. The van der Waals surface area contributed by atoms with E-state index < -0.39 is 42.6 Å². The zero-order valence-corrected chi connectivity index (χ0v) is 19.0. The molecule has 9 nitrogen and oxygen atoms in total. The summed E-state index contributed by atoms with van der Waals surface area (Å²) < 4.78 is 58.8. The van der Waals surface area contributed by atoms with E-state index in [4.69, 9.17) is 14.2 Å². The Labute approximate surface area is 200 Å². The summed E-state index contributed by atoms with van der Waals surface area (Å²) in [6.07, 6.45) is -3.39. The Hall–Kier alpha value is -3.68. The van der Waals surface area contributed by atoms with E-state index in [0.29, 0.717) is 0 Å². The van der Waals surface area contributed by atoms with Crippen molar-refractivity contribution in [2.45, 2.75) is 19.2 Å². The van der Waals surface area contributed by atoms with Crippen LogP contribution in [-0.2, 0) is 6.61 Å². The number of nitrogens with zero attached hydrogens (tertiary/aromatic N) is 1. The molecule has 186 valence electrons. The lowest BCUT2D eigenvalue weighted by molar-refractivity contribution is 0.0675. The molecule has 2 atom stereocenters. The molecule has 13 heteroatoms. The van der Waals surface area contributed by atoms with E-state index in [-0.39, 0.29) is 44.6 Å². The Morgan fingerprint density at radius 3 is 2.46 bits per heavy atom. The van der Waals surface area contributed by atoms with Gasteiger partial charge in [-0.15, -0.1) is 11.3 Å². The van der Waals surface area contributed by atoms with Crippen LogP contribution >= 0.6 is 11.3 Å². The third kappa shape index (κ3) is 4.29. The summed E-state index contributed by atoms with van der Waals surface area (Å²) in [5, 5.41) is 34.8. The first-order valence-corrected chi connectivity index (χ1v) is 10.8. The van der Waals surface area contributed by atoms with Crippen molar-refractivity contribution < 1.29 is 47.5 Å². The maximum Gasteiger partial charge on any atom is 0.346 e. The van der Waals surface area contributed by atoms with Gasteiger partial charge < -0.3 is 34.8 Å². The molecule has 3 aromatic rings. The van der Waals surface area contributed by atoms with Crippen molar-refractivity contribution in [2.24, 2.45) is 0 Å². The molecule has 0 amide bonds. The molecule has 2 heterocycles. The summed E-state index contributed by atoms with van der Waals surface area (Å²) in [5.41, 5.74) is -0.498. The van der Waals surface area contributed by atoms with E-state index in [9.17, 15) is 28.9 Å². The molecular formula is C22H19F3N2O7S. The Bertz CT molecular complexity index is 1290. The standard InChI is InChI=1S/C22H19F3N2O7S/c1-32-14-4-3-10(23)18(25)9(14)7-34-16-6-13(11(24)5-15(16)33-2)27-20(28)17-12(26-22(27)31)8-35-19(17)21(29)30/h3-6,8,20,22,26,28,31H,7H2,1-2H3,(H,29,30). The van der Waals surface area contributed by atoms with Crippen LogP contribution in [0.15, 0.2) is 29.6 Å². The number of carbonyl (C=O) groups is 1. The van der Waals surface area contributed by atoms with E-state index in [1.54, 1.807) is 0 Å². The molecule has 4 N–H and O–H groups in total. The number of carboxylic acids is 1. The van der Waals surface area contributed by atoms with Gasteiger partial charge in [0, 0.05) is 23.1 Å². The first kappa shape index (κ1) is 24.4. The number of nitrogens with one attached hydrogen (secondary N) is 1. The van der Waals surface area contributed by atoms with Crippen molar-refractivity contribution in [1.29, 1.82) is 0 Å². The average Bonchev–Trinajstić information content (AvgIpc) is 3.25. The van der Waals surface area contributed by atoms with Crippen LogP contribution in [0, 0.1) is 17.5 Å². The molecule has 0 saturated carbocycles. The Morgan fingerprint density at radius 1 is 1.09 bits per heavy atom. The van der Waals surface area contributed by atoms with E-state index in [1.807, 2.05) is 0 Å². The highest BCUT2D eigenvalue weighted by Gasteiger charge is 2.38. The molecule has 4 rings (SSSR count). The number of ether oxygens (including phenoxy) is 3. The lowest BCUT2D eigenvalue weighted by atomic mass is 10.1. The summed E-state index contributed by atoms with van der Waals surface area (Å²) in [7, 11) is 2.50. The topological polar surface area (TPSA) is 121 Å². The average molecular weight is 512 g/mol. The number of anilines is 2. The van der Waals surface area contributed by atoms with E-state index in [1.165, 1.54) is 25.7 Å². The van der Waals surface area contributed by atoms with Crippen molar-refractivity contribution in [3.8, 4) is 17.2 Å². The number of methoxy groups -OCH3 is 2. The highest BCUT2D eigenvalue weighted by molar-refractivity contribution is 7.12. The maximum atomic E-state index is 15.0. The molecule has 0 aliphatic carbocycles. The Morgan fingerprint density at radius 2 is 1.80 bits per heavy atom. The fourth-order valence-corrected chi connectivity index (χ4v) is 4.56. The van der Waals surface area contributed by atoms with Gasteiger partial charge in [0.15, 0.2) is 35.2 Å². The number of fused-ring (bicyclic) bond motifs is 1. The van der Waals surface area contributed by atoms with Gasteiger partial charge in [-0.2, -0.15) is 0 Å².